The van der Waals surface area contributed by atoms with Gasteiger partial charge in [0.05, 0.1) is 5.56 Å². The predicted molar refractivity (Wildman–Crippen MR) is 38.2 cm³/mol. The number of hydrogen-bond acceptors (Lipinski definition) is 3. The maximum Gasteiger partial charge on any atom is 0.355 e. The van der Waals surface area contributed by atoms with E-state index in [1.165, 1.54) is 18.3 Å². The molecule has 2 N–H and O–H groups in total. The van der Waals surface area contributed by atoms with Crippen LogP contribution in [0.2, 0.25) is 0 Å². The van der Waals surface area contributed by atoms with Gasteiger partial charge in [0.15, 0.2) is 5.69 Å². The third-order valence-electron chi connectivity index (χ3n) is 1.24. The molecule has 1 heterocycles. The van der Waals surface area contributed by atoms with Crippen LogP contribution in [0.5, 0.6) is 0 Å². The molecular weight excluding hydrogens is 221 g/mol. The predicted octanol–water partition coefficient (Wildman–Crippen LogP) is 0.475. The fourth-order valence-electron chi connectivity index (χ4n) is 0.748. The summed E-state index contributed by atoms with van der Waals surface area (Å²) in [6, 6.07) is 2.56. The first kappa shape index (κ1) is 11.6. The van der Waals surface area contributed by atoms with Crippen molar-refractivity contribution in [2.75, 3.05) is 0 Å². The summed E-state index contributed by atoms with van der Waals surface area (Å²) in [6.07, 6.45) is 1.23. The number of rotatable bonds is 2. The smallest absolute Gasteiger partial charge is 0.355 e. The molecule has 0 atom stereocenters. The van der Waals surface area contributed by atoms with Gasteiger partial charge in [-0.05, 0) is 12.1 Å². The molecule has 1 rings (SSSR count). The monoisotopic (exact) mass is 225 g/mol. The molecule has 1 aromatic rings. The molecule has 0 saturated heterocycles. The first-order valence-corrected chi connectivity index (χ1v) is 3.04. The van der Waals surface area contributed by atoms with Crippen LogP contribution in [-0.2, 0) is 16.5 Å². The summed E-state index contributed by atoms with van der Waals surface area (Å²) in [7, 11) is 0. The molecule has 0 saturated carbocycles. The normalized spacial score (nSPS) is 8.62. The molecule has 0 bridgehead atoms. The Morgan fingerprint density at radius 2 is 1.85 bits per heavy atom. The van der Waals surface area contributed by atoms with Crippen molar-refractivity contribution in [3.8, 4) is 0 Å². The minimum Gasteiger partial charge on any atom is -0.478 e. The van der Waals surface area contributed by atoms with Gasteiger partial charge in [0.2, 0.25) is 0 Å². The molecule has 0 radical (unpaired) electrons. The van der Waals surface area contributed by atoms with Gasteiger partial charge < -0.3 is 10.2 Å². The van der Waals surface area contributed by atoms with Crippen molar-refractivity contribution in [2.24, 2.45) is 0 Å². The molecule has 0 unspecified atom stereocenters. The summed E-state index contributed by atoms with van der Waals surface area (Å²) in [5.74, 6) is -2.63. The minimum atomic E-state index is -1.34. The van der Waals surface area contributed by atoms with E-state index in [9.17, 15) is 9.59 Å². The maximum absolute atomic E-state index is 10.4. The summed E-state index contributed by atoms with van der Waals surface area (Å²) < 4.78 is 0. The number of carboxylic acids is 2. The van der Waals surface area contributed by atoms with Gasteiger partial charge in [0, 0.05) is 22.7 Å². The number of carbonyl (C=O) groups is 2. The topological polar surface area (TPSA) is 87.5 Å². The summed E-state index contributed by atoms with van der Waals surface area (Å²) in [5, 5.41) is 17.0. The standard InChI is InChI=1S/C7H5NO4.Ni/c9-6(10)4-2-1-3-8-5(4)7(11)12;/h1-3H,(H,9,10)(H,11,12);. The van der Waals surface area contributed by atoms with Gasteiger partial charge in [0.25, 0.3) is 0 Å². The van der Waals surface area contributed by atoms with E-state index in [1.54, 1.807) is 0 Å². The van der Waals surface area contributed by atoms with Gasteiger partial charge >= 0.3 is 11.9 Å². The fourth-order valence-corrected chi connectivity index (χ4v) is 0.748. The Balaban J connectivity index is 0.00000144. The van der Waals surface area contributed by atoms with Gasteiger partial charge in [-0.2, -0.15) is 0 Å². The van der Waals surface area contributed by atoms with Crippen LogP contribution in [0.1, 0.15) is 20.8 Å². The Bertz CT molecular complexity index is 306. The average molecular weight is 226 g/mol. The second-order valence-electron chi connectivity index (χ2n) is 2.01. The molecule has 1 aromatic heterocycles. The molecule has 0 aliphatic heterocycles. The molecule has 0 fully saturated rings. The van der Waals surface area contributed by atoms with Gasteiger partial charge in [-0.3, -0.25) is 0 Å². The van der Waals surface area contributed by atoms with Crippen molar-refractivity contribution in [1.29, 1.82) is 0 Å². The molecule has 72 valence electrons. The third kappa shape index (κ3) is 2.52. The van der Waals surface area contributed by atoms with Gasteiger partial charge in [-0.15, -0.1) is 0 Å². The molecule has 5 nitrogen and oxygen atoms in total. The van der Waals surface area contributed by atoms with Crippen molar-refractivity contribution < 1.29 is 36.3 Å². The summed E-state index contributed by atoms with van der Waals surface area (Å²) in [4.78, 5) is 24.2. The first-order valence-electron chi connectivity index (χ1n) is 3.04. The van der Waals surface area contributed by atoms with Crippen LogP contribution in [0.15, 0.2) is 18.3 Å². The van der Waals surface area contributed by atoms with Crippen molar-refractivity contribution in [3.05, 3.63) is 29.6 Å². The number of nitrogens with zero attached hydrogens (tertiary/aromatic N) is 1. The number of aromatic carboxylic acids is 2. The first-order chi connectivity index (χ1) is 5.63. The largest absolute Gasteiger partial charge is 0.478 e. The van der Waals surface area contributed by atoms with Crippen LogP contribution in [0.25, 0.3) is 0 Å². The third-order valence-corrected chi connectivity index (χ3v) is 1.24. The average Bonchev–Trinajstić information content (AvgIpc) is 2.04. The van der Waals surface area contributed by atoms with Crippen LogP contribution in [-0.4, -0.2) is 27.1 Å². The van der Waals surface area contributed by atoms with E-state index in [4.69, 9.17) is 10.2 Å². The van der Waals surface area contributed by atoms with Crippen molar-refractivity contribution in [1.82, 2.24) is 4.98 Å². The summed E-state index contributed by atoms with van der Waals surface area (Å²) >= 11 is 0. The Morgan fingerprint density at radius 3 is 2.23 bits per heavy atom. The van der Waals surface area contributed by atoms with Gasteiger partial charge in [-0.1, -0.05) is 0 Å². The zero-order chi connectivity index (χ0) is 9.14. The molecule has 0 aliphatic rings. The zero-order valence-electron chi connectivity index (χ0n) is 6.21. The van der Waals surface area contributed by atoms with E-state index in [-0.39, 0.29) is 22.1 Å². The van der Waals surface area contributed by atoms with E-state index in [1.807, 2.05) is 0 Å². The zero-order valence-corrected chi connectivity index (χ0v) is 7.19. The second-order valence-corrected chi connectivity index (χ2v) is 2.01. The molecular formula is C7H5NNiO4. The Kier molecular flexibility index (Phi) is 4.07. The van der Waals surface area contributed by atoms with Gasteiger partial charge in [0.1, 0.15) is 0 Å². The Hall–Kier alpha value is -1.42. The Morgan fingerprint density at radius 1 is 1.23 bits per heavy atom. The molecule has 6 heteroatoms. The summed E-state index contributed by atoms with van der Waals surface area (Å²) in [6.45, 7) is 0. The van der Waals surface area contributed by atoms with Crippen LogP contribution in [0.4, 0.5) is 0 Å². The molecule has 13 heavy (non-hydrogen) atoms. The SMILES string of the molecule is O=C(O)c1cccnc1C(=O)O.[Ni]. The molecule has 0 aliphatic carbocycles. The number of hydrogen-bond donors (Lipinski definition) is 2. The minimum absolute atomic E-state index is 0. The van der Waals surface area contributed by atoms with Crippen molar-refractivity contribution >= 4 is 11.9 Å². The second kappa shape index (κ2) is 4.57. The number of aromatic nitrogens is 1. The van der Waals surface area contributed by atoms with Crippen molar-refractivity contribution in [3.63, 3.8) is 0 Å². The number of pyridine rings is 1. The van der Waals surface area contributed by atoms with E-state index >= 15 is 0 Å². The van der Waals surface area contributed by atoms with E-state index in [0.29, 0.717) is 0 Å². The van der Waals surface area contributed by atoms with E-state index < -0.39 is 17.6 Å². The molecule has 0 amide bonds. The Labute approximate surface area is 83.3 Å². The van der Waals surface area contributed by atoms with Crippen LogP contribution < -0.4 is 0 Å². The van der Waals surface area contributed by atoms with Gasteiger partial charge in [-0.25, -0.2) is 14.6 Å². The van der Waals surface area contributed by atoms with E-state index in [2.05, 4.69) is 4.98 Å². The quantitative estimate of drug-likeness (QED) is 0.715. The van der Waals surface area contributed by atoms with Crippen LogP contribution in [0, 0.1) is 0 Å². The fraction of sp³-hybridized carbons (Fsp3) is 0. The van der Waals surface area contributed by atoms with E-state index in [0.717, 1.165) is 0 Å². The molecule has 0 aromatic carbocycles. The van der Waals surface area contributed by atoms with Crippen molar-refractivity contribution in [2.45, 2.75) is 0 Å². The van der Waals surface area contributed by atoms with Crippen LogP contribution in [0.3, 0.4) is 0 Å². The summed E-state index contributed by atoms with van der Waals surface area (Å²) in [5.41, 5.74) is -0.741. The molecule has 0 spiro atoms. The number of carboxylic acid groups (broad SMARTS) is 2. The maximum atomic E-state index is 10.4. The van der Waals surface area contributed by atoms with Crippen LogP contribution >= 0.6 is 0 Å².